The molecule has 6 nitrogen and oxygen atoms in total. The van der Waals surface area contributed by atoms with Gasteiger partial charge >= 0.3 is 0 Å². The number of benzene rings is 1. The van der Waals surface area contributed by atoms with Crippen molar-refractivity contribution in [1.82, 2.24) is 15.0 Å². The lowest BCUT2D eigenvalue weighted by molar-refractivity contribution is 0.640. The van der Waals surface area contributed by atoms with Gasteiger partial charge in [-0.15, -0.1) is 0 Å². The van der Waals surface area contributed by atoms with Crippen molar-refractivity contribution in [3.63, 3.8) is 0 Å². The summed E-state index contributed by atoms with van der Waals surface area (Å²) in [6.45, 7) is 6.52. The summed E-state index contributed by atoms with van der Waals surface area (Å²) in [6.07, 6.45) is 1.85. The zero-order valence-electron chi connectivity index (χ0n) is 16.5. The van der Waals surface area contributed by atoms with Crippen LogP contribution in [0.1, 0.15) is 11.4 Å². The molecule has 0 spiro atoms. The Labute approximate surface area is 166 Å². The number of hydrogen-bond acceptors (Lipinski definition) is 6. The fourth-order valence-corrected chi connectivity index (χ4v) is 3.54. The lowest BCUT2D eigenvalue weighted by Crippen LogP contribution is -2.47. The van der Waals surface area contributed by atoms with E-state index in [0.717, 1.165) is 56.0 Å². The second-order valence-electron chi connectivity index (χ2n) is 7.14. The molecule has 3 aromatic rings. The maximum atomic E-state index is 4.70. The van der Waals surface area contributed by atoms with Gasteiger partial charge in [-0.05, 0) is 24.6 Å². The monoisotopic (exact) mass is 374 g/mol. The fraction of sp³-hybridized carbons (Fsp3) is 0.318. The highest BCUT2D eigenvalue weighted by Gasteiger charge is 2.20. The van der Waals surface area contributed by atoms with Gasteiger partial charge in [0.15, 0.2) is 0 Å². The molecule has 2 aromatic heterocycles. The number of pyridine rings is 1. The summed E-state index contributed by atoms with van der Waals surface area (Å²) < 4.78 is 0. The van der Waals surface area contributed by atoms with Crippen molar-refractivity contribution in [2.75, 3.05) is 47.9 Å². The van der Waals surface area contributed by atoms with E-state index < -0.39 is 0 Å². The molecule has 1 fully saturated rings. The van der Waals surface area contributed by atoms with Gasteiger partial charge in [0, 0.05) is 52.0 Å². The number of aryl methyl sites for hydroxylation is 1. The summed E-state index contributed by atoms with van der Waals surface area (Å²) in [5.74, 6) is 3.81. The van der Waals surface area contributed by atoms with Gasteiger partial charge in [0.2, 0.25) is 0 Å². The molecular weight excluding hydrogens is 348 g/mol. The SMILES string of the molecule is Cc1nc(N(C)Cc2ccccc2)cc(N2CCN(c3ccccn3)CC2)n1. The summed E-state index contributed by atoms with van der Waals surface area (Å²) >= 11 is 0. The molecule has 1 aliphatic rings. The highest BCUT2D eigenvalue weighted by Crippen LogP contribution is 2.22. The predicted octanol–water partition coefficient (Wildman–Crippen LogP) is 3.14. The molecule has 0 saturated carbocycles. The van der Waals surface area contributed by atoms with Crippen LogP contribution in [0.2, 0.25) is 0 Å². The van der Waals surface area contributed by atoms with E-state index >= 15 is 0 Å². The molecule has 1 aromatic carbocycles. The molecule has 144 valence electrons. The van der Waals surface area contributed by atoms with Crippen LogP contribution < -0.4 is 14.7 Å². The van der Waals surface area contributed by atoms with Crippen molar-refractivity contribution in [1.29, 1.82) is 0 Å². The van der Waals surface area contributed by atoms with E-state index in [2.05, 4.69) is 68.1 Å². The van der Waals surface area contributed by atoms with Gasteiger partial charge in [0.25, 0.3) is 0 Å². The number of aromatic nitrogens is 3. The summed E-state index contributed by atoms with van der Waals surface area (Å²) in [6, 6.07) is 18.6. The maximum Gasteiger partial charge on any atom is 0.134 e. The molecule has 0 unspecified atom stereocenters. The topological polar surface area (TPSA) is 48.4 Å². The molecule has 0 aliphatic carbocycles. The van der Waals surface area contributed by atoms with Crippen LogP contribution in [0.25, 0.3) is 0 Å². The Balaban J connectivity index is 1.45. The van der Waals surface area contributed by atoms with Crippen LogP contribution >= 0.6 is 0 Å². The van der Waals surface area contributed by atoms with E-state index in [-0.39, 0.29) is 0 Å². The number of nitrogens with zero attached hydrogens (tertiary/aromatic N) is 6. The number of rotatable bonds is 5. The van der Waals surface area contributed by atoms with Crippen LogP contribution in [0.4, 0.5) is 17.5 Å². The van der Waals surface area contributed by atoms with E-state index in [1.54, 1.807) is 0 Å². The molecule has 1 aliphatic heterocycles. The van der Waals surface area contributed by atoms with Crippen LogP contribution in [0.3, 0.4) is 0 Å². The lowest BCUT2D eigenvalue weighted by Gasteiger charge is -2.36. The highest BCUT2D eigenvalue weighted by molar-refractivity contribution is 5.52. The molecule has 4 rings (SSSR count). The Kier molecular flexibility index (Phi) is 5.37. The number of anilines is 3. The van der Waals surface area contributed by atoms with Gasteiger partial charge < -0.3 is 14.7 Å². The molecular formula is C22H26N6. The second kappa shape index (κ2) is 8.25. The van der Waals surface area contributed by atoms with Crippen molar-refractivity contribution in [2.24, 2.45) is 0 Å². The minimum absolute atomic E-state index is 0.805. The average Bonchev–Trinajstić information content (AvgIpc) is 2.75. The summed E-state index contributed by atoms with van der Waals surface area (Å²) in [5.41, 5.74) is 1.27. The lowest BCUT2D eigenvalue weighted by atomic mass is 10.2. The van der Waals surface area contributed by atoms with Gasteiger partial charge in [-0.3, -0.25) is 0 Å². The third-order valence-electron chi connectivity index (χ3n) is 5.04. The Morgan fingerprint density at radius 3 is 2.21 bits per heavy atom. The molecule has 0 radical (unpaired) electrons. The number of piperazine rings is 1. The highest BCUT2D eigenvalue weighted by atomic mass is 15.3. The van der Waals surface area contributed by atoms with Crippen LogP contribution in [0, 0.1) is 6.92 Å². The molecule has 0 bridgehead atoms. The average molecular weight is 374 g/mol. The van der Waals surface area contributed by atoms with Crippen LogP contribution in [0.5, 0.6) is 0 Å². The standard InChI is InChI=1S/C22H26N6/c1-18-24-21(26(2)17-19-8-4-3-5-9-19)16-22(25-18)28-14-12-27(13-15-28)20-10-6-7-11-23-20/h3-11,16H,12-15,17H2,1-2H3. The molecule has 3 heterocycles. The van der Waals surface area contributed by atoms with Crippen molar-refractivity contribution in [2.45, 2.75) is 13.5 Å². The minimum atomic E-state index is 0.805. The van der Waals surface area contributed by atoms with Crippen LogP contribution in [0.15, 0.2) is 60.8 Å². The third-order valence-corrected chi connectivity index (χ3v) is 5.04. The van der Waals surface area contributed by atoms with Crippen LogP contribution in [-0.4, -0.2) is 48.2 Å². The zero-order chi connectivity index (χ0) is 19.3. The molecule has 1 saturated heterocycles. The quantitative estimate of drug-likeness (QED) is 0.684. The minimum Gasteiger partial charge on any atom is -0.355 e. The van der Waals surface area contributed by atoms with Crippen molar-refractivity contribution in [3.05, 3.63) is 72.2 Å². The molecule has 6 heteroatoms. The largest absolute Gasteiger partial charge is 0.355 e. The van der Waals surface area contributed by atoms with E-state index in [0.29, 0.717) is 0 Å². The second-order valence-corrected chi connectivity index (χ2v) is 7.14. The predicted molar refractivity (Wildman–Crippen MR) is 114 cm³/mol. The van der Waals surface area contributed by atoms with Gasteiger partial charge in [-0.1, -0.05) is 36.4 Å². The van der Waals surface area contributed by atoms with Crippen LogP contribution in [-0.2, 0) is 6.54 Å². The first kappa shape index (κ1) is 18.2. The van der Waals surface area contributed by atoms with Crippen molar-refractivity contribution in [3.8, 4) is 0 Å². The van der Waals surface area contributed by atoms with Gasteiger partial charge in [0.05, 0.1) is 0 Å². The van der Waals surface area contributed by atoms with E-state index in [1.807, 2.05) is 31.3 Å². The Morgan fingerprint density at radius 2 is 1.54 bits per heavy atom. The summed E-state index contributed by atoms with van der Waals surface area (Å²) in [7, 11) is 2.08. The fourth-order valence-electron chi connectivity index (χ4n) is 3.54. The molecule has 28 heavy (non-hydrogen) atoms. The van der Waals surface area contributed by atoms with Gasteiger partial charge in [-0.25, -0.2) is 15.0 Å². The normalized spacial score (nSPS) is 14.2. The first-order valence-electron chi connectivity index (χ1n) is 9.71. The Morgan fingerprint density at radius 1 is 0.857 bits per heavy atom. The molecule has 0 atom stereocenters. The summed E-state index contributed by atoms with van der Waals surface area (Å²) in [5, 5.41) is 0. The van der Waals surface area contributed by atoms with E-state index in [4.69, 9.17) is 4.98 Å². The maximum absolute atomic E-state index is 4.70. The van der Waals surface area contributed by atoms with Crippen molar-refractivity contribution < 1.29 is 0 Å². The smallest absolute Gasteiger partial charge is 0.134 e. The number of hydrogen-bond donors (Lipinski definition) is 0. The zero-order valence-corrected chi connectivity index (χ0v) is 16.5. The Bertz CT molecular complexity index is 891. The first-order chi connectivity index (χ1) is 13.7. The molecule has 0 N–H and O–H groups in total. The Hall–Kier alpha value is -3.15. The van der Waals surface area contributed by atoms with Crippen molar-refractivity contribution >= 4 is 17.5 Å². The van der Waals surface area contributed by atoms with Gasteiger partial charge in [-0.2, -0.15) is 0 Å². The van der Waals surface area contributed by atoms with Gasteiger partial charge in [0.1, 0.15) is 23.3 Å². The first-order valence-corrected chi connectivity index (χ1v) is 9.71. The molecule has 0 amide bonds. The van der Waals surface area contributed by atoms with E-state index in [9.17, 15) is 0 Å². The van der Waals surface area contributed by atoms with E-state index in [1.165, 1.54) is 5.56 Å². The summed E-state index contributed by atoms with van der Waals surface area (Å²) in [4.78, 5) is 20.7. The third kappa shape index (κ3) is 4.22.